The first-order valence-electron chi connectivity index (χ1n) is 9.24. The van der Waals surface area contributed by atoms with E-state index in [1.807, 2.05) is 37.4 Å². The normalized spacial score (nSPS) is 21.6. The minimum atomic E-state index is -0.171. The van der Waals surface area contributed by atoms with Crippen LogP contribution < -0.4 is 10.2 Å². The minimum absolute atomic E-state index is 0.171. The van der Waals surface area contributed by atoms with Gasteiger partial charge in [-0.2, -0.15) is 5.26 Å². The molecule has 2 unspecified atom stereocenters. The first-order chi connectivity index (χ1) is 13.6. The summed E-state index contributed by atoms with van der Waals surface area (Å²) in [5, 5.41) is 24.4. The van der Waals surface area contributed by atoms with Crippen LogP contribution >= 0.6 is 11.3 Å². The van der Waals surface area contributed by atoms with Crippen molar-refractivity contribution in [2.75, 3.05) is 25.0 Å². The van der Waals surface area contributed by atoms with Crippen LogP contribution in [0.15, 0.2) is 54.0 Å². The molecule has 3 heterocycles. The Morgan fingerprint density at radius 1 is 1.29 bits per heavy atom. The molecule has 5 nitrogen and oxygen atoms in total. The van der Waals surface area contributed by atoms with Crippen LogP contribution in [0.1, 0.15) is 17.4 Å². The van der Waals surface area contributed by atoms with Crippen molar-refractivity contribution in [1.82, 2.24) is 10.3 Å². The number of aromatic nitrogens is 1. The predicted molar refractivity (Wildman–Crippen MR) is 112 cm³/mol. The number of aromatic hydroxyl groups is 1. The molecular formula is C22H22N4OS. The SMILES string of the molecule is CNC1(c2cc(-c3cccc(C#N)c3)cs2)CN(c2ccc(O)cn2)CC1C. The van der Waals surface area contributed by atoms with Gasteiger partial charge in [0.15, 0.2) is 0 Å². The summed E-state index contributed by atoms with van der Waals surface area (Å²) in [6.45, 7) is 3.95. The first-order valence-corrected chi connectivity index (χ1v) is 10.1. The largest absolute Gasteiger partial charge is 0.506 e. The van der Waals surface area contributed by atoms with E-state index >= 15 is 0 Å². The van der Waals surface area contributed by atoms with Gasteiger partial charge >= 0.3 is 0 Å². The molecular weight excluding hydrogens is 368 g/mol. The van der Waals surface area contributed by atoms with E-state index in [2.05, 4.69) is 39.6 Å². The Balaban J connectivity index is 1.66. The molecule has 0 spiro atoms. The van der Waals surface area contributed by atoms with Crippen molar-refractivity contribution in [1.29, 1.82) is 5.26 Å². The topological polar surface area (TPSA) is 72.2 Å². The number of hydrogen-bond acceptors (Lipinski definition) is 6. The van der Waals surface area contributed by atoms with Crippen LogP contribution in [0.4, 0.5) is 5.82 Å². The Bertz CT molecular complexity index is 1020. The molecule has 2 N–H and O–H groups in total. The van der Waals surface area contributed by atoms with Crippen molar-refractivity contribution in [2.24, 2.45) is 5.92 Å². The summed E-state index contributed by atoms with van der Waals surface area (Å²) in [5.41, 5.74) is 2.71. The van der Waals surface area contributed by atoms with Gasteiger partial charge in [0.1, 0.15) is 11.6 Å². The number of nitrogens with one attached hydrogen (secondary N) is 1. The fourth-order valence-corrected chi connectivity index (χ4v) is 5.24. The van der Waals surface area contributed by atoms with Crippen molar-refractivity contribution in [3.63, 3.8) is 0 Å². The van der Waals surface area contributed by atoms with E-state index in [1.165, 1.54) is 11.1 Å². The number of nitrogens with zero attached hydrogens (tertiary/aromatic N) is 3. The van der Waals surface area contributed by atoms with E-state index in [1.54, 1.807) is 17.4 Å². The number of likely N-dealkylation sites (N-methyl/N-ethyl adjacent to an activating group) is 1. The molecule has 1 aliphatic rings. The molecule has 6 heteroatoms. The maximum Gasteiger partial charge on any atom is 0.134 e. The Labute approximate surface area is 168 Å². The van der Waals surface area contributed by atoms with Crippen LogP contribution in [0.5, 0.6) is 5.75 Å². The third-order valence-electron chi connectivity index (χ3n) is 5.64. The molecule has 0 bridgehead atoms. The molecule has 3 aromatic rings. The first kappa shape index (κ1) is 18.5. The summed E-state index contributed by atoms with van der Waals surface area (Å²) in [7, 11) is 2.01. The Hall–Kier alpha value is -2.88. The second-order valence-electron chi connectivity index (χ2n) is 7.27. The Morgan fingerprint density at radius 3 is 2.86 bits per heavy atom. The van der Waals surface area contributed by atoms with Crippen LogP contribution in [-0.4, -0.2) is 30.2 Å². The van der Waals surface area contributed by atoms with Gasteiger partial charge in [-0.3, -0.25) is 0 Å². The molecule has 2 atom stereocenters. The van der Waals surface area contributed by atoms with Gasteiger partial charge in [-0.05, 0) is 59.8 Å². The molecule has 2 aromatic heterocycles. The third-order valence-corrected chi connectivity index (χ3v) is 6.75. The number of benzene rings is 1. The number of rotatable bonds is 4. The smallest absolute Gasteiger partial charge is 0.134 e. The zero-order chi connectivity index (χ0) is 19.7. The van der Waals surface area contributed by atoms with Crippen LogP contribution in [0.2, 0.25) is 0 Å². The quantitative estimate of drug-likeness (QED) is 0.706. The van der Waals surface area contributed by atoms with Crippen molar-refractivity contribution in [2.45, 2.75) is 12.5 Å². The summed E-state index contributed by atoms with van der Waals surface area (Å²) in [6.07, 6.45) is 1.49. The van der Waals surface area contributed by atoms with Gasteiger partial charge in [-0.1, -0.05) is 19.1 Å². The van der Waals surface area contributed by atoms with E-state index in [9.17, 15) is 10.4 Å². The summed E-state index contributed by atoms with van der Waals surface area (Å²) in [5.74, 6) is 1.43. The molecule has 1 aromatic carbocycles. The summed E-state index contributed by atoms with van der Waals surface area (Å²) >= 11 is 1.75. The second-order valence-corrected chi connectivity index (χ2v) is 8.18. The minimum Gasteiger partial charge on any atom is -0.506 e. The Morgan fingerprint density at radius 2 is 2.14 bits per heavy atom. The monoisotopic (exact) mass is 390 g/mol. The van der Waals surface area contributed by atoms with Gasteiger partial charge in [-0.15, -0.1) is 11.3 Å². The van der Waals surface area contributed by atoms with E-state index in [0.29, 0.717) is 11.5 Å². The predicted octanol–water partition coefficient (Wildman–Crippen LogP) is 3.96. The maximum absolute atomic E-state index is 9.51. The average Bonchev–Trinajstić information content (AvgIpc) is 3.34. The number of nitriles is 1. The molecule has 1 fully saturated rings. The summed E-state index contributed by atoms with van der Waals surface area (Å²) in [4.78, 5) is 7.92. The summed E-state index contributed by atoms with van der Waals surface area (Å²) in [6, 6.07) is 15.7. The fourth-order valence-electron chi connectivity index (χ4n) is 4.01. The third kappa shape index (κ3) is 3.13. The number of pyridine rings is 1. The zero-order valence-corrected chi connectivity index (χ0v) is 16.7. The molecule has 0 amide bonds. The van der Waals surface area contributed by atoms with Crippen LogP contribution in [0.25, 0.3) is 11.1 Å². The van der Waals surface area contributed by atoms with Crippen molar-refractivity contribution in [3.05, 3.63) is 64.5 Å². The molecule has 142 valence electrons. The zero-order valence-electron chi connectivity index (χ0n) is 15.9. The second kappa shape index (κ2) is 7.27. The lowest BCUT2D eigenvalue weighted by Crippen LogP contribution is -2.45. The Kier molecular flexibility index (Phi) is 4.80. The summed E-state index contributed by atoms with van der Waals surface area (Å²) < 4.78 is 0. The van der Waals surface area contributed by atoms with Crippen molar-refractivity contribution < 1.29 is 5.11 Å². The average molecular weight is 391 g/mol. The van der Waals surface area contributed by atoms with E-state index in [-0.39, 0.29) is 11.3 Å². The highest BCUT2D eigenvalue weighted by Gasteiger charge is 2.45. The molecule has 28 heavy (non-hydrogen) atoms. The van der Waals surface area contributed by atoms with Gasteiger partial charge in [0.2, 0.25) is 0 Å². The van der Waals surface area contributed by atoms with Crippen LogP contribution in [-0.2, 0) is 5.54 Å². The van der Waals surface area contributed by atoms with Gasteiger partial charge in [0.25, 0.3) is 0 Å². The lowest BCUT2D eigenvalue weighted by molar-refractivity contribution is 0.318. The van der Waals surface area contributed by atoms with Crippen molar-refractivity contribution in [3.8, 4) is 22.9 Å². The van der Waals surface area contributed by atoms with Gasteiger partial charge in [0.05, 0.1) is 23.4 Å². The molecule has 1 aliphatic heterocycles. The fraction of sp³-hybridized carbons (Fsp3) is 0.273. The van der Waals surface area contributed by atoms with Crippen molar-refractivity contribution >= 4 is 17.2 Å². The number of thiophene rings is 1. The number of anilines is 1. The van der Waals surface area contributed by atoms with Gasteiger partial charge < -0.3 is 15.3 Å². The highest BCUT2D eigenvalue weighted by Crippen LogP contribution is 2.42. The molecule has 0 saturated carbocycles. The molecule has 1 saturated heterocycles. The standard InChI is InChI=1S/C22H22N4OS/c1-15-12-26(21-7-6-19(27)11-25-21)14-22(15,24-2)20-9-18(13-28-20)17-5-3-4-16(8-17)10-23/h3-9,11,13,15,24,27H,12,14H2,1-2H3. The molecule has 0 aliphatic carbocycles. The van der Waals surface area contributed by atoms with Crippen LogP contribution in [0.3, 0.4) is 0 Å². The number of hydrogen-bond donors (Lipinski definition) is 2. The highest BCUT2D eigenvalue weighted by atomic mass is 32.1. The molecule has 4 rings (SSSR count). The highest BCUT2D eigenvalue weighted by molar-refractivity contribution is 7.10. The lowest BCUT2D eigenvalue weighted by atomic mass is 9.86. The van der Waals surface area contributed by atoms with Crippen LogP contribution in [0, 0.1) is 17.2 Å². The maximum atomic E-state index is 9.51. The van der Waals surface area contributed by atoms with E-state index in [4.69, 9.17) is 0 Å². The van der Waals surface area contributed by atoms with E-state index < -0.39 is 0 Å². The lowest BCUT2D eigenvalue weighted by Gasteiger charge is -2.32. The molecule has 0 radical (unpaired) electrons. The van der Waals surface area contributed by atoms with E-state index in [0.717, 1.165) is 30.0 Å². The van der Waals surface area contributed by atoms with Gasteiger partial charge in [-0.25, -0.2) is 4.98 Å². The van der Waals surface area contributed by atoms with Gasteiger partial charge in [0, 0.05) is 18.0 Å².